The first-order valence-corrected chi connectivity index (χ1v) is 5.61. The summed E-state index contributed by atoms with van der Waals surface area (Å²) in [7, 11) is 0. The highest BCUT2D eigenvalue weighted by Gasteiger charge is 2.21. The fraction of sp³-hybridized carbons (Fsp3) is 0.875. The predicted octanol–water partition coefficient (Wildman–Crippen LogP) is 0.565. The van der Waals surface area contributed by atoms with E-state index in [9.17, 15) is 4.79 Å². The van der Waals surface area contributed by atoms with E-state index in [0.717, 1.165) is 17.9 Å². The molecule has 2 unspecified atom stereocenters. The fourth-order valence-electron chi connectivity index (χ4n) is 1.01. The molecule has 1 rings (SSSR count). The van der Waals surface area contributed by atoms with Crippen molar-refractivity contribution in [1.82, 2.24) is 5.32 Å². The minimum Gasteiger partial charge on any atom is -0.443 e. The first-order valence-electron chi connectivity index (χ1n) is 4.46. The molecule has 0 aliphatic carbocycles. The van der Waals surface area contributed by atoms with E-state index in [0.29, 0.717) is 6.54 Å². The van der Waals surface area contributed by atoms with E-state index >= 15 is 0 Å². The Labute approximate surface area is 82.6 Å². The molecule has 76 valence electrons. The van der Waals surface area contributed by atoms with Gasteiger partial charge in [-0.3, -0.25) is 0 Å². The third-order valence-corrected chi connectivity index (χ3v) is 2.90. The van der Waals surface area contributed by atoms with Crippen LogP contribution < -0.4 is 11.1 Å². The summed E-state index contributed by atoms with van der Waals surface area (Å²) < 4.78 is 4.97. The van der Waals surface area contributed by atoms with Gasteiger partial charge in [-0.25, -0.2) is 4.79 Å². The lowest BCUT2D eigenvalue weighted by atomic mass is 10.3. The van der Waals surface area contributed by atoms with Crippen molar-refractivity contribution in [3.63, 3.8) is 0 Å². The van der Waals surface area contributed by atoms with Crippen LogP contribution in [0.25, 0.3) is 0 Å². The van der Waals surface area contributed by atoms with Gasteiger partial charge in [-0.05, 0) is 19.1 Å². The first kappa shape index (κ1) is 10.7. The van der Waals surface area contributed by atoms with Gasteiger partial charge in [-0.1, -0.05) is 0 Å². The maximum atomic E-state index is 10.6. The fourth-order valence-corrected chi connectivity index (χ4v) is 2.16. The zero-order valence-electron chi connectivity index (χ0n) is 7.79. The number of thioether (sulfide) groups is 1. The normalized spacial score (nSPS) is 23.8. The van der Waals surface area contributed by atoms with E-state index in [4.69, 9.17) is 10.5 Å². The smallest absolute Gasteiger partial charge is 0.407 e. The quantitative estimate of drug-likeness (QED) is 0.642. The van der Waals surface area contributed by atoms with E-state index < -0.39 is 0 Å². The average Bonchev–Trinajstić information content (AvgIpc) is 2.45. The lowest BCUT2D eigenvalue weighted by Gasteiger charge is -2.07. The standard InChI is InChI=1S/C8H16N2O2S/c1-6(9)2-3-13-5-7-4-10-8(11)12-7/h6-7H,2-5,9H2,1H3,(H,10,11). The number of carbonyl (C=O) groups is 1. The predicted molar refractivity (Wildman–Crippen MR) is 53.9 cm³/mol. The van der Waals surface area contributed by atoms with Gasteiger partial charge in [0.1, 0.15) is 6.10 Å². The van der Waals surface area contributed by atoms with Crippen LogP contribution in [0.5, 0.6) is 0 Å². The van der Waals surface area contributed by atoms with Crippen LogP contribution in [-0.2, 0) is 4.74 Å². The molecule has 1 amide bonds. The molecule has 2 atom stereocenters. The van der Waals surface area contributed by atoms with E-state index in [2.05, 4.69) is 5.32 Å². The van der Waals surface area contributed by atoms with E-state index in [-0.39, 0.29) is 18.2 Å². The second-order valence-electron chi connectivity index (χ2n) is 3.25. The summed E-state index contributed by atoms with van der Waals surface area (Å²) in [4.78, 5) is 10.6. The van der Waals surface area contributed by atoms with Crippen LogP contribution in [0.4, 0.5) is 4.79 Å². The Morgan fingerprint density at radius 3 is 3.15 bits per heavy atom. The van der Waals surface area contributed by atoms with Crippen molar-refractivity contribution in [2.75, 3.05) is 18.1 Å². The molecule has 1 saturated heterocycles. The van der Waals surface area contributed by atoms with Crippen molar-refractivity contribution in [1.29, 1.82) is 0 Å². The molecule has 1 fully saturated rings. The van der Waals surface area contributed by atoms with Gasteiger partial charge in [-0.15, -0.1) is 0 Å². The molecular weight excluding hydrogens is 188 g/mol. The van der Waals surface area contributed by atoms with Crippen molar-refractivity contribution in [2.45, 2.75) is 25.5 Å². The lowest BCUT2D eigenvalue weighted by Crippen LogP contribution is -2.18. The van der Waals surface area contributed by atoms with Gasteiger partial charge < -0.3 is 15.8 Å². The van der Waals surface area contributed by atoms with Crippen LogP contribution in [-0.4, -0.2) is 36.3 Å². The molecule has 0 aromatic rings. The van der Waals surface area contributed by atoms with E-state index in [1.807, 2.05) is 6.92 Å². The molecule has 0 aromatic carbocycles. The van der Waals surface area contributed by atoms with Crippen LogP contribution in [0.1, 0.15) is 13.3 Å². The van der Waals surface area contributed by atoms with Crippen molar-refractivity contribution in [3.05, 3.63) is 0 Å². The lowest BCUT2D eigenvalue weighted by molar-refractivity contribution is 0.150. The highest BCUT2D eigenvalue weighted by Crippen LogP contribution is 2.10. The summed E-state index contributed by atoms with van der Waals surface area (Å²) in [5.41, 5.74) is 5.60. The summed E-state index contributed by atoms with van der Waals surface area (Å²) in [6.45, 7) is 2.64. The van der Waals surface area contributed by atoms with E-state index in [1.54, 1.807) is 11.8 Å². The van der Waals surface area contributed by atoms with Gasteiger partial charge in [0.25, 0.3) is 0 Å². The Hall–Kier alpha value is -0.420. The number of amides is 1. The van der Waals surface area contributed by atoms with Gasteiger partial charge in [0.05, 0.1) is 6.54 Å². The third kappa shape index (κ3) is 4.38. The zero-order chi connectivity index (χ0) is 9.68. The van der Waals surface area contributed by atoms with Crippen LogP contribution in [0.2, 0.25) is 0 Å². The van der Waals surface area contributed by atoms with Crippen LogP contribution in [0, 0.1) is 0 Å². The van der Waals surface area contributed by atoms with Crippen molar-refractivity contribution >= 4 is 17.9 Å². The summed E-state index contributed by atoms with van der Waals surface area (Å²) in [6, 6.07) is 0.261. The number of ether oxygens (including phenoxy) is 1. The maximum Gasteiger partial charge on any atom is 0.407 e. The molecular formula is C8H16N2O2S. The second-order valence-corrected chi connectivity index (χ2v) is 4.40. The van der Waals surface area contributed by atoms with Gasteiger partial charge in [0, 0.05) is 11.8 Å². The number of alkyl carbamates (subject to hydrolysis) is 1. The van der Waals surface area contributed by atoms with Crippen LogP contribution >= 0.6 is 11.8 Å². The second kappa shape index (κ2) is 5.34. The summed E-state index contributed by atoms with van der Waals surface area (Å²) in [5.74, 6) is 1.90. The molecule has 0 bridgehead atoms. The SMILES string of the molecule is CC(N)CCSCC1CNC(=O)O1. The molecule has 13 heavy (non-hydrogen) atoms. The Kier molecular flexibility index (Phi) is 4.38. The minimum absolute atomic E-state index is 0.0468. The molecule has 5 heteroatoms. The highest BCUT2D eigenvalue weighted by atomic mass is 32.2. The van der Waals surface area contributed by atoms with Crippen LogP contribution in [0.3, 0.4) is 0 Å². The molecule has 0 aromatic heterocycles. The van der Waals surface area contributed by atoms with Gasteiger partial charge in [0.15, 0.2) is 0 Å². The van der Waals surface area contributed by atoms with Gasteiger partial charge in [-0.2, -0.15) is 11.8 Å². The third-order valence-electron chi connectivity index (χ3n) is 1.77. The largest absolute Gasteiger partial charge is 0.443 e. The zero-order valence-corrected chi connectivity index (χ0v) is 8.60. The Bertz CT molecular complexity index is 176. The molecule has 0 saturated carbocycles. The Morgan fingerprint density at radius 1 is 1.85 bits per heavy atom. The van der Waals surface area contributed by atoms with Crippen molar-refractivity contribution < 1.29 is 9.53 Å². The number of hydrogen-bond donors (Lipinski definition) is 2. The van der Waals surface area contributed by atoms with Crippen molar-refractivity contribution in [2.24, 2.45) is 5.73 Å². The monoisotopic (exact) mass is 204 g/mol. The molecule has 4 nitrogen and oxygen atoms in total. The summed E-state index contributed by atoms with van der Waals surface area (Å²) in [6.07, 6.45) is 0.766. The van der Waals surface area contributed by atoms with Crippen molar-refractivity contribution in [3.8, 4) is 0 Å². The number of nitrogens with one attached hydrogen (secondary N) is 1. The molecule has 1 aliphatic rings. The van der Waals surface area contributed by atoms with Gasteiger partial charge >= 0.3 is 6.09 Å². The number of rotatable bonds is 5. The molecule has 0 radical (unpaired) electrons. The molecule has 1 heterocycles. The first-order chi connectivity index (χ1) is 6.18. The van der Waals surface area contributed by atoms with E-state index in [1.165, 1.54) is 0 Å². The van der Waals surface area contributed by atoms with Crippen LogP contribution in [0.15, 0.2) is 0 Å². The minimum atomic E-state index is -0.294. The number of carbonyl (C=O) groups excluding carboxylic acids is 1. The Morgan fingerprint density at radius 2 is 2.62 bits per heavy atom. The number of cyclic esters (lactones) is 1. The Balaban J connectivity index is 1.97. The topological polar surface area (TPSA) is 64.3 Å². The summed E-state index contributed by atoms with van der Waals surface area (Å²) >= 11 is 1.78. The molecule has 1 aliphatic heterocycles. The number of nitrogens with two attached hydrogens (primary N) is 1. The number of hydrogen-bond acceptors (Lipinski definition) is 4. The molecule has 0 spiro atoms. The van der Waals surface area contributed by atoms with Gasteiger partial charge in [0.2, 0.25) is 0 Å². The highest BCUT2D eigenvalue weighted by molar-refractivity contribution is 7.99. The maximum absolute atomic E-state index is 10.6. The summed E-state index contributed by atoms with van der Waals surface area (Å²) in [5, 5.41) is 2.62. The molecule has 3 N–H and O–H groups in total. The average molecular weight is 204 g/mol.